The number of aliphatic hydroxyl groups excluding tert-OH is 1. The molecule has 2 aromatic rings. The third-order valence-corrected chi connectivity index (χ3v) is 4.02. The minimum atomic E-state index is -0.0706. The maximum atomic E-state index is 9.62. The van der Waals surface area contributed by atoms with Crippen LogP contribution in [0.3, 0.4) is 0 Å². The molecule has 0 aliphatic heterocycles. The van der Waals surface area contributed by atoms with Gasteiger partial charge in [0.15, 0.2) is 0 Å². The van der Waals surface area contributed by atoms with E-state index in [4.69, 9.17) is 4.74 Å². The summed E-state index contributed by atoms with van der Waals surface area (Å²) < 4.78 is 5.23. The number of hydrogen-bond acceptors (Lipinski definition) is 4. The van der Waals surface area contributed by atoms with E-state index in [1.54, 1.807) is 18.4 Å². The Bertz CT molecular complexity index is 513. The molecule has 0 amide bonds. The molecule has 20 heavy (non-hydrogen) atoms. The lowest BCUT2D eigenvalue weighted by molar-refractivity contribution is 0.234. The molecule has 0 aliphatic carbocycles. The molecule has 1 aromatic carbocycles. The van der Waals surface area contributed by atoms with Crippen LogP contribution in [0.2, 0.25) is 0 Å². The van der Waals surface area contributed by atoms with Crippen LogP contribution in [0.4, 0.5) is 0 Å². The Kier molecular flexibility index (Phi) is 5.59. The third-order valence-electron chi connectivity index (χ3n) is 3.29. The lowest BCUT2D eigenvalue weighted by atomic mass is 10.0. The zero-order chi connectivity index (χ0) is 14.4. The molecule has 1 aromatic heterocycles. The molecule has 1 heterocycles. The van der Waals surface area contributed by atoms with Crippen LogP contribution in [0.15, 0.2) is 41.1 Å². The standard InChI is InChI=1S/C16H21NO2S/c1-12(8-13-6-7-20-11-13)17-16(10-18)14-4-3-5-15(9-14)19-2/h3-7,9,11-12,16-18H,8,10H2,1-2H3. The van der Waals surface area contributed by atoms with Crippen molar-refractivity contribution >= 4 is 11.3 Å². The number of nitrogens with one attached hydrogen (secondary N) is 1. The number of hydrogen-bond donors (Lipinski definition) is 2. The molecule has 0 radical (unpaired) electrons. The summed E-state index contributed by atoms with van der Waals surface area (Å²) in [6.07, 6.45) is 0.962. The first-order valence-electron chi connectivity index (χ1n) is 6.75. The van der Waals surface area contributed by atoms with E-state index in [9.17, 15) is 5.11 Å². The summed E-state index contributed by atoms with van der Waals surface area (Å²) >= 11 is 1.71. The largest absolute Gasteiger partial charge is 0.497 e. The van der Waals surface area contributed by atoms with Gasteiger partial charge in [0.25, 0.3) is 0 Å². The molecule has 2 unspecified atom stereocenters. The van der Waals surface area contributed by atoms with Crippen LogP contribution in [0.1, 0.15) is 24.1 Å². The van der Waals surface area contributed by atoms with Crippen molar-refractivity contribution in [3.8, 4) is 5.75 Å². The molecule has 2 N–H and O–H groups in total. The van der Waals surface area contributed by atoms with Gasteiger partial charge in [-0.3, -0.25) is 0 Å². The summed E-state index contributed by atoms with van der Waals surface area (Å²) in [6.45, 7) is 2.21. The van der Waals surface area contributed by atoms with Crippen LogP contribution >= 0.6 is 11.3 Å². The second-order valence-corrected chi connectivity index (χ2v) is 5.70. The van der Waals surface area contributed by atoms with Crippen molar-refractivity contribution in [1.82, 2.24) is 5.32 Å². The van der Waals surface area contributed by atoms with Gasteiger partial charge >= 0.3 is 0 Å². The zero-order valence-corrected chi connectivity index (χ0v) is 12.7. The van der Waals surface area contributed by atoms with Crippen molar-refractivity contribution in [3.05, 3.63) is 52.2 Å². The van der Waals surface area contributed by atoms with Crippen LogP contribution in [0.5, 0.6) is 5.75 Å². The maximum absolute atomic E-state index is 9.62. The molecule has 0 fully saturated rings. The molecule has 0 spiro atoms. The first kappa shape index (κ1) is 15.0. The third kappa shape index (κ3) is 4.07. The van der Waals surface area contributed by atoms with Crippen molar-refractivity contribution in [1.29, 1.82) is 0 Å². The van der Waals surface area contributed by atoms with Crippen LogP contribution in [0, 0.1) is 0 Å². The molecular formula is C16H21NO2S. The van der Waals surface area contributed by atoms with Gasteiger partial charge in [0.1, 0.15) is 5.75 Å². The number of rotatable bonds is 7. The fraction of sp³-hybridized carbons (Fsp3) is 0.375. The molecule has 0 aliphatic rings. The molecule has 0 saturated carbocycles. The number of methoxy groups -OCH3 is 1. The van der Waals surface area contributed by atoms with Gasteiger partial charge in [-0.15, -0.1) is 0 Å². The topological polar surface area (TPSA) is 41.5 Å². The van der Waals surface area contributed by atoms with Crippen molar-refractivity contribution in [2.24, 2.45) is 0 Å². The molecule has 2 rings (SSSR count). The average molecular weight is 291 g/mol. The fourth-order valence-electron chi connectivity index (χ4n) is 2.28. The van der Waals surface area contributed by atoms with Gasteiger partial charge in [-0.2, -0.15) is 11.3 Å². The quantitative estimate of drug-likeness (QED) is 0.824. The Hall–Kier alpha value is -1.36. The van der Waals surface area contributed by atoms with Crippen molar-refractivity contribution in [2.45, 2.75) is 25.4 Å². The van der Waals surface area contributed by atoms with E-state index >= 15 is 0 Å². The van der Waals surface area contributed by atoms with E-state index in [0.29, 0.717) is 6.04 Å². The smallest absolute Gasteiger partial charge is 0.119 e. The van der Waals surface area contributed by atoms with E-state index in [1.807, 2.05) is 24.3 Å². The highest BCUT2D eigenvalue weighted by Gasteiger charge is 2.14. The summed E-state index contributed by atoms with van der Waals surface area (Å²) in [7, 11) is 1.65. The SMILES string of the molecule is COc1cccc(C(CO)NC(C)Cc2ccsc2)c1. The second-order valence-electron chi connectivity index (χ2n) is 4.92. The van der Waals surface area contributed by atoms with E-state index in [-0.39, 0.29) is 12.6 Å². The Morgan fingerprint density at radius 2 is 2.20 bits per heavy atom. The first-order chi connectivity index (χ1) is 9.72. The highest BCUT2D eigenvalue weighted by atomic mass is 32.1. The molecule has 108 valence electrons. The predicted octanol–water partition coefficient (Wildman–Crippen LogP) is 3.01. The van der Waals surface area contributed by atoms with Gasteiger partial charge in [0.05, 0.1) is 19.8 Å². The predicted molar refractivity (Wildman–Crippen MR) is 83.4 cm³/mol. The first-order valence-corrected chi connectivity index (χ1v) is 7.69. The Morgan fingerprint density at radius 1 is 1.35 bits per heavy atom. The van der Waals surface area contributed by atoms with Gasteiger partial charge < -0.3 is 15.2 Å². The molecule has 3 nitrogen and oxygen atoms in total. The highest BCUT2D eigenvalue weighted by Crippen LogP contribution is 2.20. The van der Waals surface area contributed by atoms with Gasteiger partial charge in [-0.05, 0) is 53.4 Å². The van der Waals surface area contributed by atoms with E-state index in [1.165, 1.54) is 5.56 Å². The molecule has 0 saturated heterocycles. The van der Waals surface area contributed by atoms with Crippen LogP contribution in [-0.4, -0.2) is 24.9 Å². The lowest BCUT2D eigenvalue weighted by Gasteiger charge is -2.22. The van der Waals surface area contributed by atoms with Crippen molar-refractivity contribution in [3.63, 3.8) is 0 Å². The maximum Gasteiger partial charge on any atom is 0.119 e. The summed E-state index contributed by atoms with van der Waals surface area (Å²) in [6, 6.07) is 10.2. The zero-order valence-electron chi connectivity index (χ0n) is 11.9. The number of ether oxygens (including phenoxy) is 1. The minimum Gasteiger partial charge on any atom is -0.497 e. The van der Waals surface area contributed by atoms with Crippen molar-refractivity contribution < 1.29 is 9.84 Å². The molecule has 2 atom stereocenters. The van der Waals surface area contributed by atoms with E-state index in [2.05, 4.69) is 29.1 Å². The highest BCUT2D eigenvalue weighted by molar-refractivity contribution is 7.07. The minimum absolute atomic E-state index is 0.0706. The Labute approximate surface area is 124 Å². The van der Waals surface area contributed by atoms with Gasteiger partial charge in [-0.25, -0.2) is 0 Å². The average Bonchev–Trinajstić information content (AvgIpc) is 2.97. The van der Waals surface area contributed by atoms with Crippen LogP contribution < -0.4 is 10.1 Å². The van der Waals surface area contributed by atoms with Crippen LogP contribution in [0.25, 0.3) is 0 Å². The summed E-state index contributed by atoms with van der Waals surface area (Å²) in [5.74, 6) is 0.813. The number of thiophene rings is 1. The van der Waals surface area contributed by atoms with E-state index < -0.39 is 0 Å². The van der Waals surface area contributed by atoms with E-state index in [0.717, 1.165) is 17.7 Å². The monoisotopic (exact) mass is 291 g/mol. The number of aliphatic hydroxyl groups is 1. The van der Waals surface area contributed by atoms with Gasteiger partial charge in [0, 0.05) is 6.04 Å². The molecular weight excluding hydrogens is 270 g/mol. The second kappa shape index (κ2) is 7.43. The van der Waals surface area contributed by atoms with Gasteiger partial charge in [0.2, 0.25) is 0 Å². The molecule has 4 heteroatoms. The normalized spacial score (nSPS) is 13.9. The molecule has 0 bridgehead atoms. The summed E-state index contributed by atoms with van der Waals surface area (Å²) in [4.78, 5) is 0. The van der Waals surface area contributed by atoms with Crippen LogP contribution in [-0.2, 0) is 6.42 Å². The fourth-order valence-corrected chi connectivity index (χ4v) is 2.96. The Balaban J connectivity index is 2.00. The van der Waals surface area contributed by atoms with Gasteiger partial charge in [-0.1, -0.05) is 12.1 Å². The number of benzene rings is 1. The lowest BCUT2D eigenvalue weighted by Crippen LogP contribution is -2.34. The summed E-state index contributed by atoms with van der Waals surface area (Å²) in [5, 5.41) is 17.3. The van der Waals surface area contributed by atoms with Crippen molar-refractivity contribution in [2.75, 3.05) is 13.7 Å². The summed E-state index contributed by atoms with van der Waals surface area (Å²) in [5.41, 5.74) is 2.38. The Morgan fingerprint density at radius 3 is 2.85 bits per heavy atom.